The van der Waals surface area contributed by atoms with Gasteiger partial charge in [0.2, 0.25) is 0 Å². The van der Waals surface area contributed by atoms with E-state index in [0.717, 1.165) is 5.56 Å². The van der Waals surface area contributed by atoms with Gasteiger partial charge in [-0.3, -0.25) is 0 Å². The van der Waals surface area contributed by atoms with E-state index >= 15 is 0 Å². The van der Waals surface area contributed by atoms with Crippen LogP contribution in [-0.4, -0.2) is 33.9 Å². The van der Waals surface area contributed by atoms with Crippen LogP contribution in [-0.2, 0) is 0 Å². The molecule has 1 atom stereocenters. The molecule has 0 radical (unpaired) electrons. The van der Waals surface area contributed by atoms with Gasteiger partial charge in [0.1, 0.15) is 11.6 Å². The van der Waals surface area contributed by atoms with Gasteiger partial charge >= 0.3 is 0 Å². The van der Waals surface area contributed by atoms with Crippen LogP contribution in [0.5, 0.6) is 5.75 Å². The molecule has 0 spiro atoms. The standard InChI is InChI=1S/C17H18N4O3/c1-11-20-17(24-21-11)14-7-4-8-18-16(14)19-10-15(22)12-5-3-6-13(9-12)23-2/h3-9,15,22H,10H2,1-2H3,(H,18,19). The lowest BCUT2D eigenvalue weighted by atomic mass is 10.1. The summed E-state index contributed by atoms with van der Waals surface area (Å²) in [7, 11) is 1.59. The number of anilines is 1. The molecule has 2 N–H and O–H groups in total. The highest BCUT2D eigenvalue weighted by Gasteiger charge is 2.14. The Labute approximate surface area is 139 Å². The van der Waals surface area contributed by atoms with Gasteiger partial charge in [-0.25, -0.2) is 4.98 Å². The summed E-state index contributed by atoms with van der Waals surface area (Å²) in [5, 5.41) is 17.3. The Balaban J connectivity index is 1.75. The monoisotopic (exact) mass is 326 g/mol. The number of benzene rings is 1. The van der Waals surface area contributed by atoms with Crippen molar-refractivity contribution in [1.82, 2.24) is 15.1 Å². The zero-order chi connectivity index (χ0) is 16.9. The van der Waals surface area contributed by atoms with E-state index in [4.69, 9.17) is 9.26 Å². The number of hydrogen-bond donors (Lipinski definition) is 2. The highest BCUT2D eigenvalue weighted by Crippen LogP contribution is 2.25. The number of nitrogens with zero attached hydrogens (tertiary/aromatic N) is 3. The van der Waals surface area contributed by atoms with Gasteiger partial charge in [-0.15, -0.1) is 0 Å². The minimum atomic E-state index is -0.709. The van der Waals surface area contributed by atoms with Gasteiger partial charge in [-0.05, 0) is 36.8 Å². The number of methoxy groups -OCH3 is 1. The van der Waals surface area contributed by atoms with Gasteiger partial charge in [-0.2, -0.15) is 4.98 Å². The fraction of sp³-hybridized carbons (Fsp3) is 0.235. The largest absolute Gasteiger partial charge is 0.497 e. The lowest BCUT2D eigenvalue weighted by molar-refractivity contribution is 0.191. The summed E-state index contributed by atoms with van der Waals surface area (Å²) >= 11 is 0. The van der Waals surface area contributed by atoms with Crippen LogP contribution in [0.15, 0.2) is 47.1 Å². The van der Waals surface area contributed by atoms with E-state index in [-0.39, 0.29) is 6.54 Å². The molecule has 2 heterocycles. The van der Waals surface area contributed by atoms with Crippen LogP contribution in [0.25, 0.3) is 11.5 Å². The molecule has 0 saturated heterocycles. The summed E-state index contributed by atoms with van der Waals surface area (Å²) in [4.78, 5) is 8.50. The molecule has 1 unspecified atom stereocenters. The number of nitrogens with one attached hydrogen (secondary N) is 1. The minimum absolute atomic E-state index is 0.282. The lowest BCUT2D eigenvalue weighted by Crippen LogP contribution is -2.13. The summed E-state index contributed by atoms with van der Waals surface area (Å²) in [6, 6.07) is 10.9. The van der Waals surface area contributed by atoms with Crippen molar-refractivity contribution < 1.29 is 14.4 Å². The molecule has 0 saturated carbocycles. The Morgan fingerprint density at radius 3 is 2.92 bits per heavy atom. The second kappa shape index (κ2) is 7.10. The van der Waals surface area contributed by atoms with E-state index in [1.54, 1.807) is 32.4 Å². The van der Waals surface area contributed by atoms with Crippen molar-refractivity contribution >= 4 is 5.82 Å². The predicted molar refractivity (Wildman–Crippen MR) is 88.7 cm³/mol. The molecule has 0 aliphatic carbocycles. The molecule has 3 rings (SSSR count). The van der Waals surface area contributed by atoms with Gasteiger partial charge in [-0.1, -0.05) is 17.3 Å². The highest BCUT2D eigenvalue weighted by atomic mass is 16.5. The third kappa shape index (κ3) is 3.52. The van der Waals surface area contributed by atoms with Gasteiger partial charge in [0.15, 0.2) is 5.82 Å². The maximum absolute atomic E-state index is 10.4. The first-order chi connectivity index (χ1) is 11.7. The van der Waals surface area contributed by atoms with E-state index < -0.39 is 6.10 Å². The molecule has 0 aliphatic heterocycles. The Morgan fingerprint density at radius 2 is 2.17 bits per heavy atom. The van der Waals surface area contributed by atoms with Gasteiger partial charge in [0.05, 0.1) is 18.8 Å². The molecule has 1 aromatic carbocycles. The van der Waals surface area contributed by atoms with Crippen LogP contribution in [0, 0.1) is 6.92 Å². The van der Waals surface area contributed by atoms with E-state index in [1.165, 1.54) is 0 Å². The van der Waals surface area contributed by atoms with Crippen LogP contribution in [0.3, 0.4) is 0 Å². The molecule has 0 fully saturated rings. The van der Waals surface area contributed by atoms with E-state index in [0.29, 0.717) is 28.8 Å². The molecular weight excluding hydrogens is 308 g/mol. The number of aromatic nitrogens is 3. The van der Waals surface area contributed by atoms with Crippen molar-refractivity contribution in [2.75, 3.05) is 19.0 Å². The number of pyridine rings is 1. The number of aliphatic hydroxyl groups is 1. The molecule has 7 nitrogen and oxygen atoms in total. The second-order valence-corrected chi connectivity index (χ2v) is 5.22. The zero-order valence-corrected chi connectivity index (χ0v) is 13.4. The van der Waals surface area contributed by atoms with Crippen LogP contribution in [0.2, 0.25) is 0 Å². The van der Waals surface area contributed by atoms with Crippen molar-refractivity contribution in [3.05, 3.63) is 54.0 Å². The number of ether oxygens (including phenoxy) is 1. The zero-order valence-electron chi connectivity index (χ0n) is 13.4. The Morgan fingerprint density at radius 1 is 1.29 bits per heavy atom. The minimum Gasteiger partial charge on any atom is -0.497 e. The van der Waals surface area contributed by atoms with Gasteiger partial charge in [0.25, 0.3) is 5.89 Å². The highest BCUT2D eigenvalue weighted by molar-refractivity contribution is 5.68. The van der Waals surface area contributed by atoms with Gasteiger partial charge < -0.3 is 19.7 Å². The third-order valence-electron chi connectivity index (χ3n) is 3.51. The van der Waals surface area contributed by atoms with E-state index in [9.17, 15) is 5.11 Å². The van der Waals surface area contributed by atoms with Crippen LogP contribution >= 0.6 is 0 Å². The molecule has 7 heteroatoms. The molecular formula is C17H18N4O3. The maximum atomic E-state index is 10.4. The third-order valence-corrected chi connectivity index (χ3v) is 3.51. The SMILES string of the molecule is COc1cccc(C(O)CNc2ncccc2-c2nc(C)no2)c1. The Kier molecular flexibility index (Phi) is 4.72. The van der Waals surface area contributed by atoms with Crippen molar-refractivity contribution in [2.45, 2.75) is 13.0 Å². The molecule has 0 amide bonds. The molecule has 124 valence electrons. The van der Waals surface area contributed by atoms with Crippen molar-refractivity contribution in [3.8, 4) is 17.2 Å². The summed E-state index contributed by atoms with van der Waals surface area (Å²) in [5.74, 6) is 2.21. The number of hydrogen-bond acceptors (Lipinski definition) is 7. The van der Waals surface area contributed by atoms with Crippen LogP contribution in [0.4, 0.5) is 5.82 Å². The van der Waals surface area contributed by atoms with Gasteiger partial charge in [0, 0.05) is 12.7 Å². The number of aliphatic hydroxyl groups excluding tert-OH is 1. The summed E-state index contributed by atoms with van der Waals surface area (Å²) < 4.78 is 10.4. The summed E-state index contributed by atoms with van der Waals surface area (Å²) in [6.07, 6.45) is 0.951. The van der Waals surface area contributed by atoms with Crippen molar-refractivity contribution in [1.29, 1.82) is 0 Å². The smallest absolute Gasteiger partial charge is 0.261 e. The molecule has 3 aromatic rings. The Hall–Kier alpha value is -2.93. The first kappa shape index (κ1) is 15.9. The molecule has 0 bridgehead atoms. The lowest BCUT2D eigenvalue weighted by Gasteiger charge is -2.14. The number of rotatable bonds is 6. The Bertz CT molecular complexity index is 819. The van der Waals surface area contributed by atoms with Crippen molar-refractivity contribution in [2.24, 2.45) is 0 Å². The van der Waals surface area contributed by atoms with Crippen LogP contribution < -0.4 is 10.1 Å². The quantitative estimate of drug-likeness (QED) is 0.719. The maximum Gasteiger partial charge on any atom is 0.261 e. The summed E-state index contributed by atoms with van der Waals surface area (Å²) in [5.41, 5.74) is 1.45. The molecule has 24 heavy (non-hydrogen) atoms. The fourth-order valence-electron chi connectivity index (χ4n) is 2.29. The fourth-order valence-corrected chi connectivity index (χ4v) is 2.29. The second-order valence-electron chi connectivity index (χ2n) is 5.22. The summed E-state index contributed by atoms with van der Waals surface area (Å²) in [6.45, 7) is 2.04. The predicted octanol–water partition coefficient (Wildman–Crippen LogP) is 2.59. The van der Waals surface area contributed by atoms with Crippen LogP contribution in [0.1, 0.15) is 17.5 Å². The normalized spacial score (nSPS) is 12.0. The first-order valence-corrected chi connectivity index (χ1v) is 7.49. The topological polar surface area (TPSA) is 93.3 Å². The average Bonchev–Trinajstić information content (AvgIpc) is 3.06. The first-order valence-electron chi connectivity index (χ1n) is 7.49. The van der Waals surface area contributed by atoms with E-state index in [1.807, 2.05) is 24.3 Å². The molecule has 0 aliphatic rings. The molecule has 2 aromatic heterocycles. The average molecular weight is 326 g/mol. The van der Waals surface area contributed by atoms with Crippen molar-refractivity contribution in [3.63, 3.8) is 0 Å². The number of aryl methyl sites for hydroxylation is 1. The van der Waals surface area contributed by atoms with E-state index in [2.05, 4.69) is 20.4 Å².